The van der Waals surface area contributed by atoms with E-state index in [9.17, 15) is 9.18 Å². The Bertz CT molecular complexity index is 436. The van der Waals surface area contributed by atoms with Gasteiger partial charge >= 0.3 is 6.03 Å². The van der Waals surface area contributed by atoms with E-state index in [0.717, 1.165) is 13.0 Å². The molecule has 1 N–H and O–H groups in total. The van der Waals surface area contributed by atoms with Crippen molar-refractivity contribution in [3.63, 3.8) is 0 Å². The van der Waals surface area contributed by atoms with Gasteiger partial charge in [0.2, 0.25) is 0 Å². The van der Waals surface area contributed by atoms with Crippen LogP contribution in [0.4, 0.5) is 14.9 Å². The van der Waals surface area contributed by atoms with E-state index in [1.54, 1.807) is 17.0 Å². The lowest BCUT2D eigenvalue weighted by Gasteiger charge is -2.20. The normalized spacial score (nSPS) is 19.3. The standard InChI is InChI=1S/C13H18FN3O/c1-16(2)12-6-7-17(9-12)13(18)15-11-5-3-4-10(14)8-11/h3-5,8,12H,6-7,9H2,1-2H3,(H,15,18). The topological polar surface area (TPSA) is 35.6 Å². The highest BCUT2D eigenvalue weighted by molar-refractivity contribution is 5.89. The van der Waals surface area contributed by atoms with Gasteiger partial charge < -0.3 is 15.1 Å². The van der Waals surface area contributed by atoms with Crippen molar-refractivity contribution < 1.29 is 9.18 Å². The minimum atomic E-state index is -0.347. The number of likely N-dealkylation sites (tertiary alicyclic amines) is 1. The zero-order valence-electron chi connectivity index (χ0n) is 10.7. The summed E-state index contributed by atoms with van der Waals surface area (Å²) in [6.07, 6.45) is 0.976. The van der Waals surface area contributed by atoms with Gasteiger partial charge in [-0.05, 0) is 38.7 Å². The number of hydrogen-bond acceptors (Lipinski definition) is 2. The Kier molecular flexibility index (Phi) is 3.81. The van der Waals surface area contributed by atoms with Crippen LogP contribution >= 0.6 is 0 Å². The van der Waals surface area contributed by atoms with E-state index < -0.39 is 0 Å². The zero-order chi connectivity index (χ0) is 13.1. The van der Waals surface area contributed by atoms with Crippen LogP contribution < -0.4 is 5.32 Å². The monoisotopic (exact) mass is 251 g/mol. The van der Waals surface area contributed by atoms with Crippen molar-refractivity contribution in [2.24, 2.45) is 0 Å². The molecule has 1 aromatic carbocycles. The first kappa shape index (κ1) is 12.8. The lowest BCUT2D eigenvalue weighted by atomic mass is 10.2. The van der Waals surface area contributed by atoms with Crippen LogP contribution in [0, 0.1) is 5.82 Å². The molecule has 0 bridgehead atoms. The average Bonchev–Trinajstić information content (AvgIpc) is 2.78. The maximum absolute atomic E-state index is 13.0. The molecule has 0 radical (unpaired) electrons. The summed E-state index contributed by atoms with van der Waals surface area (Å²) in [6.45, 7) is 1.46. The third-order valence-electron chi connectivity index (χ3n) is 3.26. The van der Waals surface area contributed by atoms with Crippen molar-refractivity contribution in [2.75, 3.05) is 32.5 Å². The smallest absolute Gasteiger partial charge is 0.321 e. The molecule has 5 heteroatoms. The first-order valence-electron chi connectivity index (χ1n) is 6.04. The number of likely N-dealkylation sites (N-methyl/N-ethyl adjacent to an activating group) is 1. The first-order valence-corrected chi connectivity index (χ1v) is 6.04. The van der Waals surface area contributed by atoms with Crippen molar-refractivity contribution in [3.8, 4) is 0 Å². The van der Waals surface area contributed by atoms with Crippen LogP contribution in [-0.4, -0.2) is 49.1 Å². The number of carbonyl (C=O) groups excluding carboxylic acids is 1. The number of nitrogens with zero attached hydrogens (tertiary/aromatic N) is 2. The molecule has 1 atom stereocenters. The fourth-order valence-electron chi connectivity index (χ4n) is 2.12. The lowest BCUT2D eigenvalue weighted by Crippen LogP contribution is -2.36. The molecule has 1 unspecified atom stereocenters. The second-order valence-corrected chi connectivity index (χ2v) is 4.79. The van der Waals surface area contributed by atoms with Crippen LogP contribution in [0.1, 0.15) is 6.42 Å². The molecule has 98 valence electrons. The molecule has 2 amide bonds. The summed E-state index contributed by atoms with van der Waals surface area (Å²) in [5, 5.41) is 2.71. The minimum absolute atomic E-state index is 0.162. The van der Waals surface area contributed by atoms with Gasteiger partial charge in [-0.25, -0.2) is 9.18 Å². The number of benzene rings is 1. The Balaban J connectivity index is 1.93. The summed E-state index contributed by atoms with van der Waals surface area (Å²) in [5.74, 6) is -0.347. The Labute approximate surface area is 106 Å². The quantitative estimate of drug-likeness (QED) is 0.872. The van der Waals surface area contributed by atoms with Crippen LogP contribution in [0.25, 0.3) is 0 Å². The Morgan fingerprint density at radius 3 is 2.89 bits per heavy atom. The Morgan fingerprint density at radius 2 is 2.28 bits per heavy atom. The van der Waals surface area contributed by atoms with E-state index in [0.29, 0.717) is 18.3 Å². The van der Waals surface area contributed by atoms with Gasteiger partial charge in [-0.15, -0.1) is 0 Å². The predicted octanol–water partition coefficient (Wildman–Crippen LogP) is 1.99. The fourth-order valence-corrected chi connectivity index (χ4v) is 2.12. The third kappa shape index (κ3) is 2.98. The minimum Gasteiger partial charge on any atom is -0.323 e. The first-order chi connectivity index (χ1) is 8.56. The molecule has 1 heterocycles. The summed E-state index contributed by atoms with van der Waals surface area (Å²) in [4.78, 5) is 15.8. The second kappa shape index (κ2) is 5.35. The molecule has 1 aromatic rings. The summed E-state index contributed by atoms with van der Waals surface area (Å²) < 4.78 is 13.0. The SMILES string of the molecule is CN(C)C1CCN(C(=O)Nc2cccc(F)c2)C1. The largest absolute Gasteiger partial charge is 0.323 e. The molecule has 1 saturated heterocycles. The van der Waals surface area contributed by atoms with Gasteiger partial charge in [-0.2, -0.15) is 0 Å². The number of urea groups is 1. The summed E-state index contributed by atoms with van der Waals surface area (Å²) in [7, 11) is 4.03. The van der Waals surface area contributed by atoms with Gasteiger partial charge in [0.15, 0.2) is 0 Å². The highest BCUT2D eigenvalue weighted by Gasteiger charge is 2.27. The highest BCUT2D eigenvalue weighted by atomic mass is 19.1. The zero-order valence-corrected chi connectivity index (χ0v) is 10.7. The number of halogens is 1. The number of amides is 2. The molecular weight excluding hydrogens is 233 g/mol. The highest BCUT2D eigenvalue weighted by Crippen LogP contribution is 2.15. The molecule has 0 aliphatic carbocycles. The van der Waals surface area contributed by atoms with Crippen LogP contribution in [0.3, 0.4) is 0 Å². The fraction of sp³-hybridized carbons (Fsp3) is 0.462. The van der Waals surface area contributed by atoms with Gasteiger partial charge in [0.05, 0.1) is 0 Å². The Morgan fingerprint density at radius 1 is 1.50 bits per heavy atom. The molecule has 2 rings (SSSR count). The molecule has 1 fully saturated rings. The Hall–Kier alpha value is -1.62. The maximum Gasteiger partial charge on any atom is 0.321 e. The van der Waals surface area contributed by atoms with Gasteiger partial charge in [-0.1, -0.05) is 6.07 Å². The van der Waals surface area contributed by atoms with Gasteiger partial charge in [0.25, 0.3) is 0 Å². The summed E-state index contributed by atoms with van der Waals surface area (Å²) in [6, 6.07) is 6.18. The molecule has 1 aliphatic heterocycles. The van der Waals surface area contributed by atoms with Gasteiger partial charge in [0.1, 0.15) is 5.82 Å². The molecule has 0 aromatic heterocycles. The van der Waals surface area contributed by atoms with E-state index in [2.05, 4.69) is 10.2 Å². The maximum atomic E-state index is 13.0. The van der Waals surface area contributed by atoms with Crippen molar-refractivity contribution in [2.45, 2.75) is 12.5 Å². The van der Waals surface area contributed by atoms with E-state index in [1.807, 2.05) is 14.1 Å². The number of nitrogens with one attached hydrogen (secondary N) is 1. The van der Waals surface area contributed by atoms with E-state index in [-0.39, 0.29) is 11.8 Å². The van der Waals surface area contributed by atoms with Gasteiger partial charge in [-0.3, -0.25) is 0 Å². The molecular formula is C13H18FN3O. The van der Waals surface area contributed by atoms with Crippen LogP contribution in [0.15, 0.2) is 24.3 Å². The van der Waals surface area contributed by atoms with Crippen LogP contribution in [0.2, 0.25) is 0 Å². The molecule has 0 saturated carbocycles. The number of rotatable bonds is 2. The average molecular weight is 251 g/mol. The lowest BCUT2D eigenvalue weighted by molar-refractivity contribution is 0.216. The third-order valence-corrected chi connectivity index (χ3v) is 3.26. The van der Waals surface area contributed by atoms with Crippen molar-refractivity contribution in [1.82, 2.24) is 9.80 Å². The molecule has 0 spiro atoms. The summed E-state index contributed by atoms with van der Waals surface area (Å²) in [5.41, 5.74) is 0.494. The van der Waals surface area contributed by atoms with E-state index in [4.69, 9.17) is 0 Å². The predicted molar refractivity (Wildman–Crippen MR) is 69.1 cm³/mol. The molecule has 4 nitrogen and oxygen atoms in total. The summed E-state index contributed by atoms with van der Waals surface area (Å²) >= 11 is 0. The van der Waals surface area contributed by atoms with Crippen LogP contribution in [-0.2, 0) is 0 Å². The van der Waals surface area contributed by atoms with E-state index >= 15 is 0 Å². The number of carbonyl (C=O) groups is 1. The van der Waals surface area contributed by atoms with Gasteiger partial charge in [0, 0.05) is 24.8 Å². The second-order valence-electron chi connectivity index (χ2n) is 4.79. The molecule has 1 aliphatic rings. The van der Waals surface area contributed by atoms with Crippen molar-refractivity contribution in [1.29, 1.82) is 0 Å². The number of anilines is 1. The number of hydrogen-bond donors (Lipinski definition) is 1. The molecule has 18 heavy (non-hydrogen) atoms. The van der Waals surface area contributed by atoms with E-state index in [1.165, 1.54) is 12.1 Å². The van der Waals surface area contributed by atoms with Crippen molar-refractivity contribution >= 4 is 11.7 Å². The van der Waals surface area contributed by atoms with Crippen molar-refractivity contribution in [3.05, 3.63) is 30.1 Å². The van der Waals surface area contributed by atoms with Crippen LogP contribution in [0.5, 0.6) is 0 Å².